The summed E-state index contributed by atoms with van der Waals surface area (Å²) < 4.78 is 5.22. The van der Waals surface area contributed by atoms with E-state index in [0.717, 1.165) is 37.0 Å². The van der Waals surface area contributed by atoms with Crippen LogP contribution in [0.1, 0.15) is 53.0 Å². The smallest absolute Gasteiger partial charge is 0.270 e. The minimum absolute atomic E-state index is 0.0778. The first kappa shape index (κ1) is 26.9. The second-order valence-corrected chi connectivity index (χ2v) is 8.97. The number of aliphatic hydroxyl groups excluding tert-OH is 1. The molecule has 11 heteroatoms. The number of amidine groups is 1. The molecule has 1 fully saturated rings. The first-order valence-electron chi connectivity index (χ1n) is 11.9. The number of methoxy groups -OCH3 is 1. The quantitative estimate of drug-likeness (QED) is 0.139. The lowest BCUT2D eigenvalue weighted by atomic mass is 9.86. The molecule has 1 heterocycles. The molecular formula is C25H35N7O4. The highest BCUT2D eigenvalue weighted by Gasteiger charge is 2.23. The van der Waals surface area contributed by atoms with Crippen molar-refractivity contribution in [3.05, 3.63) is 58.9 Å². The van der Waals surface area contributed by atoms with Crippen LogP contribution in [0.15, 0.2) is 41.5 Å². The Labute approximate surface area is 210 Å². The second-order valence-electron chi connectivity index (χ2n) is 8.97. The van der Waals surface area contributed by atoms with Crippen LogP contribution < -0.4 is 26.9 Å². The molecular weight excluding hydrogens is 462 g/mol. The molecule has 0 aliphatic heterocycles. The van der Waals surface area contributed by atoms with Gasteiger partial charge in [-0.15, -0.1) is 5.10 Å². The van der Waals surface area contributed by atoms with Gasteiger partial charge in [0.15, 0.2) is 5.84 Å². The van der Waals surface area contributed by atoms with Gasteiger partial charge in [-0.2, -0.15) is 0 Å². The van der Waals surface area contributed by atoms with Crippen LogP contribution in [-0.4, -0.2) is 59.2 Å². The van der Waals surface area contributed by atoms with E-state index in [9.17, 15) is 9.59 Å². The zero-order valence-corrected chi connectivity index (χ0v) is 20.7. The number of aryl methyl sites for hydroxylation is 1. The number of hydrazine groups is 1. The molecule has 1 aromatic carbocycles. The highest BCUT2D eigenvalue weighted by Crippen LogP contribution is 2.24. The topological polar surface area (TPSA) is 168 Å². The van der Waals surface area contributed by atoms with Crippen LogP contribution in [-0.2, 0) is 11.3 Å². The molecule has 0 atom stereocenters. The van der Waals surface area contributed by atoms with Crippen LogP contribution in [0.4, 0.5) is 0 Å². The van der Waals surface area contributed by atoms with E-state index in [4.69, 9.17) is 21.4 Å². The Balaban J connectivity index is 1.57. The van der Waals surface area contributed by atoms with Crippen molar-refractivity contribution in [1.82, 2.24) is 20.7 Å². The molecule has 7 N–H and O–H groups in total. The average Bonchev–Trinajstić information content (AvgIpc) is 2.88. The van der Waals surface area contributed by atoms with E-state index in [2.05, 4.69) is 20.7 Å². The Morgan fingerprint density at radius 3 is 2.67 bits per heavy atom. The van der Waals surface area contributed by atoms with Crippen molar-refractivity contribution >= 4 is 17.6 Å². The minimum Gasteiger partial charge on any atom is -0.497 e. The first-order chi connectivity index (χ1) is 17.3. The Kier molecular flexibility index (Phi) is 9.60. The van der Waals surface area contributed by atoms with Gasteiger partial charge in [-0.05, 0) is 68.4 Å². The summed E-state index contributed by atoms with van der Waals surface area (Å²) in [6, 6.07) is 10.9. The van der Waals surface area contributed by atoms with Crippen molar-refractivity contribution in [3.63, 3.8) is 0 Å². The van der Waals surface area contributed by atoms with Gasteiger partial charge in [-0.1, -0.05) is 12.1 Å². The molecule has 2 aromatic rings. The van der Waals surface area contributed by atoms with Crippen molar-refractivity contribution < 1.29 is 19.4 Å². The molecule has 0 bridgehead atoms. The Bertz CT molecular complexity index is 1080. The number of nitrogens with two attached hydrogens (primary N) is 2. The standard InChI is InChI=1S/C25H35N7O4/c1-16-10-19(12-22(29-16)25(35)28-13-18-4-3-5-21(11-18)36-2)24(26)31-32(27)14-17-6-8-20(9-7-17)30-23(34)15-33/h3-5,10-12,17,20,33H,6-9,13-15,27H2,1-2H3,(H2,26,31)(H,28,35)(H,30,34). The molecule has 0 unspecified atom stereocenters. The van der Waals surface area contributed by atoms with Crippen LogP contribution in [0.25, 0.3) is 0 Å². The normalized spacial score (nSPS) is 17.8. The molecule has 3 rings (SSSR count). The maximum Gasteiger partial charge on any atom is 0.270 e. The molecule has 194 valence electrons. The largest absolute Gasteiger partial charge is 0.497 e. The number of aliphatic hydroxyl groups is 1. The molecule has 11 nitrogen and oxygen atoms in total. The molecule has 0 spiro atoms. The number of ether oxygens (including phenoxy) is 1. The number of hydrogen-bond donors (Lipinski definition) is 5. The van der Waals surface area contributed by atoms with Crippen molar-refractivity contribution in [2.45, 2.75) is 45.2 Å². The summed E-state index contributed by atoms with van der Waals surface area (Å²) in [5, 5.41) is 20.2. The van der Waals surface area contributed by atoms with Gasteiger partial charge in [0, 0.05) is 23.8 Å². The van der Waals surface area contributed by atoms with Crippen molar-refractivity contribution in [3.8, 4) is 5.75 Å². The molecule has 2 amide bonds. The van der Waals surface area contributed by atoms with E-state index in [1.807, 2.05) is 24.3 Å². The van der Waals surface area contributed by atoms with Gasteiger partial charge in [0.25, 0.3) is 5.91 Å². The number of benzene rings is 1. The first-order valence-corrected chi connectivity index (χ1v) is 11.9. The van der Waals surface area contributed by atoms with E-state index in [0.29, 0.717) is 30.3 Å². The van der Waals surface area contributed by atoms with E-state index in [1.54, 1.807) is 26.2 Å². The second kappa shape index (κ2) is 12.8. The van der Waals surface area contributed by atoms with Gasteiger partial charge in [-0.25, -0.2) is 15.9 Å². The van der Waals surface area contributed by atoms with Crippen LogP contribution in [0, 0.1) is 12.8 Å². The van der Waals surface area contributed by atoms with E-state index in [-0.39, 0.29) is 29.4 Å². The van der Waals surface area contributed by atoms with E-state index >= 15 is 0 Å². The zero-order chi connectivity index (χ0) is 26.1. The van der Waals surface area contributed by atoms with E-state index in [1.165, 1.54) is 5.12 Å². The number of nitrogens with zero attached hydrogens (tertiary/aromatic N) is 3. The Morgan fingerprint density at radius 1 is 1.22 bits per heavy atom. The van der Waals surface area contributed by atoms with Gasteiger partial charge in [0.2, 0.25) is 5.91 Å². The van der Waals surface area contributed by atoms with Crippen molar-refractivity contribution in [1.29, 1.82) is 0 Å². The summed E-state index contributed by atoms with van der Waals surface area (Å²) in [7, 11) is 1.59. The van der Waals surface area contributed by atoms with Gasteiger partial charge in [0.05, 0.1) is 13.7 Å². The minimum atomic E-state index is -0.495. The van der Waals surface area contributed by atoms with Crippen LogP contribution in [0.5, 0.6) is 5.75 Å². The third kappa shape index (κ3) is 7.92. The highest BCUT2D eigenvalue weighted by molar-refractivity contribution is 6.00. The van der Waals surface area contributed by atoms with Gasteiger partial charge in [0.1, 0.15) is 18.1 Å². The van der Waals surface area contributed by atoms with Crippen molar-refractivity contribution in [2.75, 3.05) is 20.3 Å². The summed E-state index contributed by atoms with van der Waals surface area (Å²) in [5.41, 5.74) is 8.53. The molecule has 0 saturated heterocycles. The number of amides is 2. The third-order valence-corrected chi connectivity index (χ3v) is 6.11. The number of pyridine rings is 1. The van der Waals surface area contributed by atoms with Crippen molar-refractivity contribution in [2.24, 2.45) is 22.6 Å². The summed E-state index contributed by atoms with van der Waals surface area (Å²) in [6.45, 7) is 2.13. The highest BCUT2D eigenvalue weighted by atomic mass is 16.5. The number of carbonyl (C=O) groups excluding carboxylic acids is 2. The fourth-order valence-corrected chi connectivity index (χ4v) is 4.25. The predicted octanol–water partition coefficient (Wildman–Crippen LogP) is 0.792. The lowest BCUT2D eigenvalue weighted by molar-refractivity contribution is -0.124. The van der Waals surface area contributed by atoms with E-state index < -0.39 is 6.61 Å². The summed E-state index contributed by atoms with van der Waals surface area (Å²) in [5.74, 6) is 6.65. The fraction of sp³-hybridized carbons (Fsp3) is 0.440. The Hall–Kier alpha value is -3.70. The van der Waals surface area contributed by atoms with Crippen LogP contribution in [0.2, 0.25) is 0 Å². The maximum absolute atomic E-state index is 12.7. The predicted molar refractivity (Wildman–Crippen MR) is 136 cm³/mol. The molecule has 1 aromatic heterocycles. The van der Waals surface area contributed by atoms with Crippen LogP contribution >= 0.6 is 0 Å². The monoisotopic (exact) mass is 497 g/mol. The number of nitrogens with one attached hydrogen (secondary N) is 2. The summed E-state index contributed by atoms with van der Waals surface area (Å²) >= 11 is 0. The molecule has 1 aliphatic rings. The molecule has 1 saturated carbocycles. The molecule has 0 radical (unpaired) electrons. The summed E-state index contributed by atoms with van der Waals surface area (Å²) in [6.07, 6.45) is 3.40. The number of hydrazone groups is 1. The number of carbonyl (C=O) groups is 2. The van der Waals surface area contributed by atoms with Crippen LogP contribution in [0.3, 0.4) is 0 Å². The average molecular weight is 498 g/mol. The number of hydrogen-bond acceptors (Lipinski definition) is 8. The summed E-state index contributed by atoms with van der Waals surface area (Å²) in [4.78, 5) is 28.4. The van der Waals surface area contributed by atoms with Gasteiger partial charge >= 0.3 is 0 Å². The number of aromatic nitrogens is 1. The van der Waals surface area contributed by atoms with Gasteiger partial charge < -0.3 is 26.2 Å². The third-order valence-electron chi connectivity index (χ3n) is 6.11. The van der Waals surface area contributed by atoms with Gasteiger partial charge in [-0.3, -0.25) is 9.59 Å². The molecule has 1 aliphatic carbocycles. The fourth-order valence-electron chi connectivity index (χ4n) is 4.25. The lowest BCUT2D eigenvalue weighted by Gasteiger charge is -2.30. The molecule has 36 heavy (non-hydrogen) atoms. The SMILES string of the molecule is COc1cccc(CNC(=O)c2cc(/C(N)=N/N(N)CC3CCC(NC(=O)CO)CC3)cc(C)n2)c1. The number of rotatable bonds is 10. The maximum atomic E-state index is 12.7. The lowest BCUT2D eigenvalue weighted by Crippen LogP contribution is -2.41. The Morgan fingerprint density at radius 2 is 1.97 bits per heavy atom. The zero-order valence-electron chi connectivity index (χ0n) is 20.7.